The van der Waals surface area contributed by atoms with E-state index in [0.717, 1.165) is 5.75 Å². The maximum atomic E-state index is 12.5. The second-order valence-corrected chi connectivity index (χ2v) is 7.46. The van der Waals surface area contributed by atoms with Crippen molar-refractivity contribution in [1.82, 2.24) is 4.90 Å². The number of rotatable bonds is 6. The van der Waals surface area contributed by atoms with Gasteiger partial charge in [0.05, 0.1) is 18.6 Å². The number of ether oxygens (including phenoxy) is 2. The first kappa shape index (κ1) is 18.7. The van der Waals surface area contributed by atoms with Gasteiger partial charge in [-0.1, -0.05) is 6.07 Å². The number of hydrogen-bond acceptors (Lipinski definition) is 4. The van der Waals surface area contributed by atoms with Crippen LogP contribution in [0.1, 0.15) is 30.4 Å². The monoisotopic (exact) mass is 361 g/mol. The molecule has 0 bridgehead atoms. The van der Waals surface area contributed by atoms with Crippen LogP contribution in [-0.2, 0) is 14.3 Å². The van der Waals surface area contributed by atoms with Crippen LogP contribution in [0.2, 0.25) is 0 Å². The number of carboxylic acids is 1. The molecule has 1 aromatic rings. The van der Waals surface area contributed by atoms with E-state index in [4.69, 9.17) is 9.47 Å². The van der Waals surface area contributed by atoms with Crippen molar-refractivity contribution in [3.63, 3.8) is 0 Å². The van der Waals surface area contributed by atoms with Crippen LogP contribution in [0.4, 0.5) is 0 Å². The van der Waals surface area contributed by atoms with Crippen LogP contribution < -0.4 is 4.74 Å². The third-order valence-electron chi connectivity index (χ3n) is 5.77. The van der Waals surface area contributed by atoms with Gasteiger partial charge in [-0.3, -0.25) is 9.59 Å². The van der Waals surface area contributed by atoms with E-state index in [1.54, 1.807) is 4.90 Å². The highest BCUT2D eigenvalue weighted by Gasteiger charge is 2.54. The Morgan fingerprint density at radius 3 is 2.85 bits per heavy atom. The van der Waals surface area contributed by atoms with E-state index in [2.05, 4.69) is 6.92 Å². The molecule has 2 fully saturated rings. The minimum absolute atomic E-state index is 0.00344. The van der Waals surface area contributed by atoms with E-state index in [1.807, 2.05) is 25.1 Å². The molecule has 2 aliphatic rings. The number of aryl methyl sites for hydroxylation is 2. The van der Waals surface area contributed by atoms with Gasteiger partial charge in [0, 0.05) is 32.0 Å². The second kappa shape index (κ2) is 7.66. The number of amides is 1. The highest BCUT2D eigenvalue weighted by molar-refractivity contribution is 5.81. The molecule has 1 N–H and O–H groups in total. The number of benzene rings is 1. The van der Waals surface area contributed by atoms with E-state index in [1.165, 1.54) is 11.1 Å². The van der Waals surface area contributed by atoms with Crippen molar-refractivity contribution in [3.8, 4) is 5.75 Å². The largest absolute Gasteiger partial charge is 0.494 e. The first-order valence-electron chi connectivity index (χ1n) is 9.21. The summed E-state index contributed by atoms with van der Waals surface area (Å²) in [7, 11) is 0. The maximum Gasteiger partial charge on any atom is 0.311 e. The van der Waals surface area contributed by atoms with Gasteiger partial charge >= 0.3 is 5.97 Å². The lowest BCUT2D eigenvalue weighted by atomic mass is 9.74. The molecule has 3 rings (SSSR count). The summed E-state index contributed by atoms with van der Waals surface area (Å²) in [5, 5.41) is 9.67. The average molecular weight is 361 g/mol. The molecule has 2 heterocycles. The van der Waals surface area contributed by atoms with Crippen LogP contribution in [0.15, 0.2) is 18.2 Å². The molecule has 1 aromatic carbocycles. The Balaban J connectivity index is 1.48. The zero-order valence-electron chi connectivity index (χ0n) is 15.5. The molecule has 0 radical (unpaired) electrons. The summed E-state index contributed by atoms with van der Waals surface area (Å²) in [6.07, 6.45) is 1.46. The Morgan fingerprint density at radius 1 is 1.35 bits per heavy atom. The smallest absolute Gasteiger partial charge is 0.311 e. The van der Waals surface area contributed by atoms with E-state index >= 15 is 0 Å². The highest BCUT2D eigenvalue weighted by Crippen LogP contribution is 2.42. The summed E-state index contributed by atoms with van der Waals surface area (Å²) in [4.78, 5) is 26.0. The van der Waals surface area contributed by atoms with Crippen molar-refractivity contribution in [2.75, 3.05) is 32.9 Å². The quantitative estimate of drug-likeness (QED) is 0.788. The Morgan fingerprint density at radius 2 is 2.15 bits per heavy atom. The van der Waals surface area contributed by atoms with Crippen molar-refractivity contribution in [2.24, 2.45) is 11.3 Å². The first-order chi connectivity index (χ1) is 12.4. The Bertz CT molecular complexity index is 689. The van der Waals surface area contributed by atoms with Gasteiger partial charge in [0.2, 0.25) is 5.91 Å². The Hall–Kier alpha value is -2.08. The van der Waals surface area contributed by atoms with Gasteiger partial charge in [-0.25, -0.2) is 0 Å². The van der Waals surface area contributed by atoms with Crippen molar-refractivity contribution in [3.05, 3.63) is 29.3 Å². The van der Waals surface area contributed by atoms with Gasteiger partial charge in [-0.05, 0) is 49.9 Å². The molecule has 6 heteroatoms. The predicted octanol–water partition coefficient (Wildman–Crippen LogP) is 2.41. The normalized spacial score (nSPS) is 25.0. The number of fused-ring (bicyclic) bond motifs is 1. The lowest BCUT2D eigenvalue weighted by Gasteiger charge is -2.33. The molecule has 26 heavy (non-hydrogen) atoms. The van der Waals surface area contributed by atoms with E-state index < -0.39 is 11.4 Å². The molecule has 2 saturated heterocycles. The molecular formula is C20H27NO5. The van der Waals surface area contributed by atoms with Crippen molar-refractivity contribution >= 4 is 11.9 Å². The van der Waals surface area contributed by atoms with E-state index in [0.29, 0.717) is 52.2 Å². The minimum Gasteiger partial charge on any atom is -0.494 e. The standard InChI is InChI=1S/C20H27NO5/c1-14-5-6-17(10-15(14)2)26-8-3-4-18(22)21-11-16-12-25-9-7-20(16,13-21)19(23)24/h5-6,10,16H,3-4,7-9,11-13H2,1-2H3,(H,23,24)/t16-,20+/m0/s1. The van der Waals surface area contributed by atoms with Crippen LogP contribution in [-0.4, -0.2) is 54.8 Å². The average Bonchev–Trinajstić information content (AvgIpc) is 3.03. The summed E-state index contributed by atoms with van der Waals surface area (Å²) in [6, 6.07) is 5.96. The zero-order chi connectivity index (χ0) is 18.7. The Labute approximate surface area is 154 Å². The molecule has 0 aromatic heterocycles. The molecular weight excluding hydrogens is 334 g/mol. The van der Waals surface area contributed by atoms with Crippen molar-refractivity contribution in [1.29, 1.82) is 0 Å². The molecule has 0 aliphatic carbocycles. The first-order valence-corrected chi connectivity index (χ1v) is 9.21. The molecule has 2 atom stereocenters. The van der Waals surface area contributed by atoms with Gasteiger partial charge in [-0.15, -0.1) is 0 Å². The zero-order valence-corrected chi connectivity index (χ0v) is 15.5. The fourth-order valence-corrected chi connectivity index (χ4v) is 3.86. The third kappa shape index (κ3) is 3.70. The lowest BCUT2D eigenvalue weighted by molar-refractivity contribution is -0.157. The molecule has 1 amide bonds. The van der Waals surface area contributed by atoms with E-state index in [9.17, 15) is 14.7 Å². The number of nitrogens with zero attached hydrogens (tertiary/aromatic N) is 1. The summed E-state index contributed by atoms with van der Waals surface area (Å²) in [5.41, 5.74) is 1.57. The lowest BCUT2D eigenvalue weighted by Crippen LogP contribution is -2.45. The molecule has 2 aliphatic heterocycles. The number of likely N-dealkylation sites (tertiary alicyclic amines) is 1. The molecule has 0 spiro atoms. The fourth-order valence-electron chi connectivity index (χ4n) is 3.86. The fraction of sp³-hybridized carbons (Fsp3) is 0.600. The summed E-state index contributed by atoms with van der Waals surface area (Å²) in [6.45, 7) is 6.22. The molecule has 6 nitrogen and oxygen atoms in total. The third-order valence-corrected chi connectivity index (χ3v) is 5.77. The van der Waals surface area contributed by atoms with Gasteiger partial charge < -0.3 is 19.5 Å². The number of carbonyl (C=O) groups is 2. The summed E-state index contributed by atoms with van der Waals surface area (Å²) >= 11 is 0. The minimum atomic E-state index is -0.830. The highest BCUT2D eigenvalue weighted by atomic mass is 16.5. The predicted molar refractivity (Wildman–Crippen MR) is 96.2 cm³/mol. The number of carbonyl (C=O) groups excluding carboxylic acids is 1. The van der Waals surface area contributed by atoms with Gasteiger partial charge in [0.1, 0.15) is 5.75 Å². The van der Waals surface area contributed by atoms with Gasteiger partial charge in [0.25, 0.3) is 0 Å². The number of hydrogen-bond donors (Lipinski definition) is 1. The molecule has 0 saturated carbocycles. The second-order valence-electron chi connectivity index (χ2n) is 7.46. The SMILES string of the molecule is Cc1ccc(OCCCC(=O)N2C[C@H]3COCC[C@@]3(C(=O)O)C2)cc1C. The van der Waals surface area contributed by atoms with Crippen LogP contribution >= 0.6 is 0 Å². The van der Waals surface area contributed by atoms with Gasteiger partial charge in [0.15, 0.2) is 0 Å². The number of carboxylic acid groups (broad SMARTS) is 1. The van der Waals surface area contributed by atoms with Gasteiger partial charge in [-0.2, -0.15) is 0 Å². The van der Waals surface area contributed by atoms with Crippen LogP contribution in [0.5, 0.6) is 5.75 Å². The van der Waals surface area contributed by atoms with Crippen molar-refractivity contribution in [2.45, 2.75) is 33.1 Å². The van der Waals surface area contributed by atoms with Crippen LogP contribution in [0.3, 0.4) is 0 Å². The summed E-state index contributed by atoms with van der Waals surface area (Å²) in [5.74, 6) is -0.0953. The topological polar surface area (TPSA) is 76.1 Å². The van der Waals surface area contributed by atoms with Crippen LogP contribution in [0.25, 0.3) is 0 Å². The van der Waals surface area contributed by atoms with Crippen LogP contribution in [0, 0.1) is 25.2 Å². The summed E-state index contributed by atoms with van der Waals surface area (Å²) < 4.78 is 11.2. The number of aliphatic carboxylic acids is 1. The molecule has 0 unspecified atom stereocenters. The molecule has 142 valence electrons. The maximum absolute atomic E-state index is 12.5. The van der Waals surface area contributed by atoms with E-state index in [-0.39, 0.29) is 11.8 Å². The Kier molecular flexibility index (Phi) is 5.51. The van der Waals surface area contributed by atoms with Crippen molar-refractivity contribution < 1.29 is 24.2 Å².